The predicted octanol–water partition coefficient (Wildman–Crippen LogP) is 0.548. The molecule has 0 saturated heterocycles. The Hall–Kier alpha value is -1.26. The quantitative estimate of drug-likeness (QED) is 0.549. The molecule has 0 atom stereocenters. The SMILES string of the molecule is Cc1cncc(C(=O)COCCN)c1. The van der Waals surface area contributed by atoms with Crippen LogP contribution < -0.4 is 5.73 Å². The van der Waals surface area contributed by atoms with E-state index in [-0.39, 0.29) is 12.4 Å². The van der Waals surface area contributed by atoms with E-state index < -0.39 is 0 Å². The van der Waals surface area contributed by atoms with Gasteiger partial charge in [0, 0.05) is 24.5 Å². The molecule has 0 radical (unpaired) electrons. The summed E-state index contributed by atoms with van der Waals surface area (Å²) in [4.78, 5) is 15.4. The van der Waals surface area contributed by atoms with E-state index in [1.54, 1.807) is 18.5 Å². The summed E-state index contributed by atoms with van der Waals surface area (Å²) in [6.45, 7) is 2.80. The highest BCUT2D eigenvalue weighted by Gasteiger charge is 2.05. The third-order valence-electron chi connectivity index (χ3n) is 1.69. The van der Waals surface area contributed by atoms with Gasteiger partial charge < -0.3 is 10.5 Å². The average Bonchev–Trinajstić information content (AvgIpc) is 2.18. The summed E-state index contributed by atoms with van der Waals surface area (Å²) >= 11 is 0. The molecule has 0 unspecified atom stereocenters. The first-order valence-corrected chi connectivity index (χ1v) is 4.46. The number of rotatable bonds is 5. The van der Waals surface area contributed by atoms with E-state index in [1.165, 1.54) is 0 Å². The molecule has 0 aliphatic heterocycles. The molecule has 4 heteroatoms. The standard InChI is InChI=1S/C10H14N2O2/c1-8-4-9(6-12-5-8)10(13)7-14-3-2-11/h4-6H,2-3,7,11H2,1H3. The minimum atomic E-state index is -0.0605. The van der Waals surface area contributed by atoms with Gasteiger partial charge in [-0.15, -0.1) is 0 Å². The molecule has 76 valence electrons. The smallest absolute Gasteiger partial charge is 0.190 e. The van der Waals surface area contributed by atoms with Gasteiger partial charge in [-0.2, -0.15) is 0 Å². The van der Waals surface area contributed by atoms with Gasteiger partial charge in [0.2, 0.25) is 0 Å². The lowest BCUT2D eigenvalue weighted by atomic mass is 10.1. The van der Waals surface area contributed by atoms with E-state index in [0.29, 0.717) is 18.7 Å². The number of aryl methyl sites for hydroxylation is 1. The largest absolute Gasteiger partial charge is 0.372 e. The fraction of sp³-hybridized carbons (Fsp3) is 0.400. The van der Waals surface area contributed by atoms with Crippen molar-refractivity contribution in [1.82, 2.24) is 4.98 Å². The summed E-state index contributed by atoms with van der Waals surface area (Å²) in [5.74, 6) is -0.0605. The van der Waals surface area contributed by atoms with Gasteiger partial charge in [-0.05, 0) is 18.6 Å². The number of ether oxygens (including phenoxy) is 1. The average molecular weight is 194 g/mol. The molecular formula is C10H14N2O2. The molecule has 14 heavy (non-hydrogen) atoms. The summed E-state index contributed by atoms with van der Waals surface area (Å²) in [7, 11) is 0. The van der Waals surface area contributed by atoms with Crippen LogP contribution in [0, 0.1) is 6.92 Å². The van der Waals surface area contributed by atoms with E-state index in [0.717, 1.165) is 5.56 Å². The normalized spacial score (nSPS) is 10.1. The van der Waals surface area contributed by atoms with Gasteiger partial charge in [0.25, 0.3) is 0 Å². The molecule has 0 bridgehead atoms. The van der Waals surface area contributed by atoms with Crippen LogP contribution in [0.5, 0.6) is 0 Å². The Kier molecular flexibility index (Phi) is 4.22. The number of aromatic nitrogens is 1. The molecule has 1 rings (SSSR count). The first-order valence-electron chi connectivity index (χ1n) is 4.46. The molecule has 1 heterocycles. The Morgan fingerprint density at radius 1 is 1.57 bits per heavy atom. The van der Waals surface area contributed by atoms with Gasteiger partial charge in [-0.25, -0.2) is 0 Å². The number of nitrogens with zero attached hydrogens (tertiary/aromatic N) is 1. The van der Waals surface area contributed by atoms with Gasteiger partial charge in [0.05, 0.1) is 6.61 Å². The summed E-state index contributed by atoms with van der Waals surface area (Å²) in [5.41, 5.74) is 6.78. The van der Waals surface area contributed by atoms with E-state index in [4.69, 9.17) is 10.5 Å². The van der Waals surface area contributed by atoms with Crippen molar-refractivity contribution < 1.29 is 9.53 Å². The zero-order valence-corrected chi connectivity index (χ0v) is 8.19. The highest BCUT2D eigenvalue weighted by Crippen LogP contribution is 2.02. The van der Waals surface area contributed by atoms with Crippen molar-refractivity contribution in [2.45, 2.75) is 6.92 Å². The number of pyridine rings is 1. The van der Waals surface area contributed by atoms with Gasteiger partial charge >= 0.3 is 0 Å². The number of ketones is 1. The second kappa shape index (κ2) is 5.47. The summed E-state index contributed by atoms with van der Waals surface area (Å²) < 4.78 is 5.04. The van der Waals surface area contributed by atoms with Crippen molar-refractivity contribution in [3.8, 4) is 0 Å². The third-order valence-corrected chi connectivity index (χ3v) is 1.69. The lowest BCUT2D eigenvalue weighted by molar-refractivity contribution is 0.0773. The Labute approximate surface area is 83.1 Å². The first kappa shape index (κ1) is 10.8. The van der Waals surface area contributed by atoms with Gasteiger partial charge in [0.15, 0.2) is 5.78 Å². The topological polar surface area (TPSA) is 65.2 Å². The molecule has 0 saturated carbocycles. The monoisotopic (exact) mass is 194 g/mol. The zero-order valence-electron chi connectivity index (χ0n) is 8.19. The molecular weight excluding hydrogens is 180 g/mol. The Balaban J connectivity index is 2.52. The van der Waals surface area contributed by atoms with Crippen LogP contribution in [0.25, 0.3) is 0 Å². The van der Waals surface area contributed by atoms with Crippen molar-refractivity contribution in [2.24, 2.45) is 5.73 Å². The first-order chi connectivity index (χ1) is 6.74. The molecule has 0 aliphatic rings. The summed E-state index contributed by atoms with van der Waals surface area (Å²) in [5, 5.41) is 0. The van der Waals surface area contributed by atoms with Crippen molar-refractivity contribution in [3.05, 3.63) is 29.6 Å². The highest BCUT2D eigenvalue weighted by atomic mass is 16.5. The van der Waals surface area contributed by atoms with Gasteiger partial charge in [-0.1, -0.05) is 0 Å². The maximum absolute atomic E-state index is 11.5. The van der Waals surface area contributed by atoms with Crippen LogP contribution in [0.2, 0.25) is 0 Å². The van der Waals surface area contributed by atoms with Crippen molar-refractivity contribution in [3.63, 3.8) is 0 Å². The second-order valence-electron chi connectivity index (χ2n) is 3.02. The minimum absolute atomic E-state index is 0.0605. The molecule has 2 N–H and O–H groups in total. The van der Waals surface area contributed by atoms with Crippen molar-refractivity contribution >= 4 is 5.78 Å². The number of Topliss-reactive ketones (excluding diaryl/α,β-unsaturated/α-hetero) is 1. The van der Waals surface area contributed by atoms with E-state index in [9.17, 15) is 4.79 Å². The Morgan fingerprint density at radius 2 is 2.36 bits per heavy atom. The maximum Gasteiger partial charge on any atom is 0.190 e. The summed E-state index contributed by atoms with van der Waals surface area (Å²) in [6.07, 6.45) is 3.25. The number of carbonyl (C=O) groups excluding carboxylic acids is 1. The van der Waals surface area contributed by atoms with Crippen LogP contribution in [0.4, 0.5) is 0 Å². The number of nitrogens with two attached hydrogens (primary N) is 1. The van der Waals surface area contributed by atoms with E-state index >= 15 is 0 Å². The van der Waals surface area contributed by atoms with E-state index in [1.807, 2.05) is 6.92 Å². The van der Waals surface area contributed by atoms with E-state index in [2.05, 4.69) is 4.98 Å². The van der Waals surface area contributed by atoms with Gasteiger partial charge in [-0.3, -0.25) is 9.78 Å². The second-order valence-corrected chi connectivity index (χ2v) is 3.02. The van der Waals surface area contributed by atoms with Crippen LogP contribution >= 0.6 is 0 Å². The number of hydrogen-bond acceptors (Lipinski definition) is 4. The molecule has 0 fully saturated rings. The number of hydrogen-bond donors (Lipinski definition) is 1. The van der Waals surface area contributed by atoms with Crippen molar-refractivity contribution in [1.29, 1.82) is 0 Å². The Morgan fingerprint density at radius 3 is 3.00 bits per heavy atom. The third kappa shape index (κ3) is 3.24. The lowest BCUT2D eigenvalue weighted by Crippen LogP contribution is -2.14. The lowest BCUT2D eigenvalue weighted by Gasteiger charge is -2.02. The molecule has 4 nitrogen and oxygen atoms in total. The van der Waals surface area contributed by atoms with Crippen molar-refractivity contribution in [2.75, 3.05) is 19.8 Å². The van der Waals surface area contributed by atoms with Crippen LogP contribution in [0.3, 0.4) is 0 Å². The molecule has 0 amide bonds. The van der Waals surface area contributed by atoms with Crippen LogP contribution in [0.1, 0.15) is 15.9 Å². The molecule has 1 aromatic heterocycles. The van der Waals surface area contributed by atoms with Crippen LogP contribution in [0.15, 0.2) is 18.5 Å². The highest BCUT2D eigenvalue weighted by molar-refractivity contribution is 5.96. The predicted molar refractivity (Wildman–Crippen MR) is 53.2 cm³/mol. The number of carbonyl (C=O) groups is 1. The molecule has 0 spiro atoms. The molecule has 0 aromatic carbocycles. The van der Waals surface area contributed by atoms with Crippen LogP contribution in [-0.4, -0.2) is 30.5 Å². The molecule has 0 aliphatic carbocycles. The fourth-order valence-electron chi connectivity index (χ4n) is 1.04. The summed E-state index contributed by atoms with van der Waals surface area (Å²) in [6, 6.07) is 1.79. The van der Waals surface area contributed by atoms with Gasteiger partial charge in [0.1, 0.15) is 6.61 Å². The molecule has 1 aromatic rings. The fourth-order valence-corrected chi connectivity index (χ4v) is 1.04. The Bertz CT molecular complexity index is 313. The zero-order chi connectivity index (χ0) is 10.4. The maximum atomic E-state index is 11.5. The van der Waals surface area contributed by atoms with Crippen LogP contribution in [-0.2, 0) is 4.74 Å². The minimum Gasteiger partial charge on any atom is -0.372 e.